The van der Waals surface area contributed by atoms with Gasteiger partial charge in [0.1, 0.15) is 32.7 Å². The molecule has 5 rings (SSSR count). The summed E-state index contributed by atoms with van der Waals surface area (Å²) in [4.78, 5) is 10.00. The molecule has 57 heavy (non-hydrogen) atoms. The number of aromatic hydroxyl groups is 3. The summed E-state index contributed by atoms with van der Waals surface area (Å²) in [5, 5.41) is 60.5. The number of sulfone groups is 1. The van der Waals surface area contributed by atoms with Crippen molar-refractivity contribution in [3.05, 3.63) is 66.4 Å². The van der Waals surface area contributed by atoms with E-state index in [2.05, 4.69) is 29.7 Å². The molecule has 5 aromatic rings. The number of rotatable bonds is 14. The lowest BCUT2D eigenvalue weighted by atomic mass is 10.1. The van der Waals surface area contributed by atoms with E-state index in [9.17, 15) is 68.0 Å². The van der Waals surface area contributed by atoms with Crippen LogP contribution in [0.4, 0.5) is 22.7 Å². The monoisotopic (exact) mass is 872 g/mol. The number of phenolic OH excluding ortho intramolecular Hbond substituents is 2. The Labute approximate surface area is 320 Å². The van der Waals surface area contributed by atoms with Crippen LogP contribution in [0.3, 0.4) is 0 Å². The quantitative estimate of drug-likeness (QED) is 0.0616. The number of aromatic carboxylic acids is 1. The van der Waals surface area contributed by atoms with Crippen LogP contribution in [0.5, 0.6) is 23.1 Å². The second kappa shape index (κ2) is 15.4. The second-order valence-corrected chi connectivity index (χ2v) is 17.1. The average Bonchev–Trinajstić information content (AvgIpc) is 3.45. The highest BCUT2D eigenvalue weighted by Gasteiger charge is 2.27. The predicted octanol–water partition coefficient (Wildman–Crippen LogP) is 3.77. The Bertz CT molecular complexity index is 2970. The van der Waals surface area contributed by atoms with Gasteiger partial charge in [-0.25, -0.2) is 22.1 Å². The van der Waals surface area contributed by atoms with Crippen molar-refractivity contribution in [1.29, 1.82) is 0 Å². The number of hydrogen-bond acceptors (Lipinski definition) is 19. The smallest absolute Gasteiger partial charge is 0.397 e. The zero-order valence-corrected chi connectivity index (χ0v) is 31.4. The molecule has 1 heterocycles. The first kappa shape index (κ1) is 42.0. The van der Waals surface area contributed by atoms with Crippen molar-refractivity contribution < 1.29 is 81.5 Å². The van der Waals surface area contributed by atoms with Crippen LogP contribution in [-0.4, -0.2) is 103 Å². The second-order valence-electron chi connectivity index (χ2n) is 11.1. The van der Waals surface area contributed by atoms with E-state index in [-0.39, 0.29) is 22.1 Å². The fourth-order valence-corrected chi connectivity index (χ4v) is 7.70. The van der Waals surface area contributed by atoms with Gasteiger partial charge in [-0.3, -0.25) is 13.7 Å². The lowest BCUT2D eigenvalue weighted by molar-refractivity contribution is 0.0687. The summed E-state index contributed by atoms with van der Waals surface area (Å²) in [5.41, 5.74) is -3.10. The van der Waals surface area contributed by atoms with E-state index in [1.165, 1.54) is 12.1 Å². The molecule has 0 bridgehead atoms. The van der Waals surface area contributed by atoms with Crippen molar-refractivity contribution in [3.8, 4) is 28.8 Å². The van der Waals surface area contributed by atoms with E-state index >= 15 is 0 Å². The first-order chi connectivity index (χ1) is 26.4. The molecule has 0 aliphatic carbocycles. The van der Waals surface area contributed by atoms with Crippen molar-refractivity contribution in [2.45, 2.75) is 14.7 Å². The molecule has 24 nitrogen and oxygen atoms in total. The van der Waals surface area contributed by atoms with Gasteiger partial charge in [-0.1, -0.05) is 6.07 Å². The number of carboxylic acid groups (broad SMARTS) is 1. The molecule has 7 N–H and O–H groups in total. The molecule has 4 aromatic carbocycles. The molecular formula is C29H24N6O18S4. The zero-order chi connectivity index (χ0) is 42.2. The molecule has 0 aliphatic rings. The number of methoxy groups -OCH3 is 1. The van der Waals surface area contributed by atoms with Crippen molar-refractivity contribution in [3.63, 3.8) is 0 Å². The molecule has 28 heteroatoms. The van der Waals surface area contributed by atoms with Crippen LogP contribution >= 0.6 is 0 Å². The number of benzene rings is 4. The molecule has 0 unspecified atom stereocenters. The summed E-state index contributed by atoms with van der Waals surface area (Å²) in [6.07, 6.45) is 0. The van der Waals surface area contributed by atoms with E-state index in [0.717, 1.165) is 49.6 Å². The van der Waals surface area contributed by atoms with E-state index in [4.69, 9.17) is 9.29 Å². The van der Waals surface area contributed by atoms with Crippen LogP contribution in [0.15, 0.2) is 95.8 Å². The zero-order valence-electron chi connectivity index (χ0n) is 28.1. The van der Waals surface area contributed by atoms with Gasteiger partial charge < -0.3 is 25.2 Å². The summed E-state index contributed by atoms with van der Waals surface area (Å²) in [5.74, 6) is -5.91. The van der Waals surface area contributed by atoms with Gasteiger partial charge in [0, 0.05) is 17.5 Å². The number of hydrogen-bond donors (Lipinski definition) is 7. The van der Waals surface area contributed by atoms with Crippen LogP contribution in [-0.2, 0) is 44.7 Å². The van der Waals surface area contributed by atoms with Crippen LogP contribution in [0, 0.1) is 0 Å². The third-order valence-corrected chi connectivity index (χ3v) is 11.3. The first-order valence-electron chi connectivity index (χ1n) is 14.9. The highest BCUT2D eigenvalue weighted by Crippen LogP contribution is 2.44. The maximum absolute atomic E-state index is 12.8. The third-order valence-electron chi connectivity index (χ3n) is 7.44. The summed E-state index contributed by atoms with van der Waals surface area (Å²) in [6, 6.07) is 9.90. The fourth-order valence-electron chi connectivity index (χ4n) is 4.90. The molecular weight excluding hydrogens is 849 g/mol. The molecule has 0 fully saturated rings. The molecule has 302 valence electrons. The number of carbonyl (C=O) groups is 1. The van der Waals surface area contributed by atoms with Crippen molar-refractivity contribution in [1.82, 2.24) is 9.78 Å². The summed E-state index contributed by atoms with van der Waals surface area (Å²) < 4.78 is 132. The van der Waals surface area contributed by atoms with Crippen molar-refractivity contribution in [2.24, 2.45) is 20.5 Å². The Kier molecular flexibility index (Phi) is 11.4. The Hall–Kier alpha value is -6.14. The standard InChI is InChI=1S/C29H24N6O18S4/c1-52-21-12-19(20(36)13-22(21)54(41,42)9-8-53-57(49,50)51)31-32-24-23(56(46,47)48)10-14-2-3-15(11-18(14)27(24)37)30-33-25-26(29(39)40)35(34-28(25)38)16-4-6-17(7-5-16)55(43,44)45/h2-7,10-13,36-37H,8-9H2,1H3,(H,34,38)(H,39,40)(H,43,44,45)(H,46,47,48)(H,49,50,51)/b32-31?,33-30+. The summed E-state index contributed by atoms with van der Waals surface area (Å²) >= 11 is 0. The maximum atomic E-state index is 12.8. The van der Waals surface area contributed by atoms with Crippen molar-refractivity contribution >= 4 is 80.0 Å². The Balaban J connectivity index is 1.54. The molecule has 0 aliphatic heterocycles. The van der Waals surface area contributed by atoms with E-state index in [1.54, 1.807) is 0 Å². The molecule has 0 spiro atoms. The summed E-state index contributed by atoms with van der Waals surface area (Å²) in [7, 11) is -18.1. The Morgan fingerprint density at radius 2 is 1.42 bits per heavy atom. The lowest BCUT2D eigenvalue weighted by Crippen LogP contribution is -2.16. The van der Waals surface area contributed by atoms with E-state index < -0.39 is 119 Å². The third kappa shape index (κ3) is 9.29. The minimum absolute atomic E-state index is 0.0367. The van der Waals surface area contributed by atoms with Gasteiger partial charge >= 0.3 is 16.4 Å². The molecule has 0 saturated heterocycles. The molecule has 0 radical (unpaired) electrons. The number of nitrogens with zero attached hydrogens (tertiary/aromatic N) is 6. The number of fused-ring (bicyclic) bond motifs is 1. The highest BCUT2D eigenvalue weighted by molar-refractivity contribution is 7.91. The van der Waals surface area contributed by atoms with Crippen LogP contribution < -0.4 is 4.74 Å². The average molecular weight is 873 g/mol. The first-order valence-corrected chi connectivity index (χ1v) is 20.8. The van der Waals surface area contributed by atoms with Gasteiger partial charge in [-0.15, -0.1) is 20.4 Å². The Morgan fingerprint density at radius 1 is 0.772 bits per heavy atom. The van der Waals surface area contributed by atoms with Gasteiger partial charge in [0.25, 0.3) is 26.1 Å². The largest absolute Gasteiger partial charge is 0.506 e. The minimum atomic E-state index is -5.15. The van der Waals surface area contributed by atoms with Gasteiger partial charge in [0.15, 0.2) is 27.0 Å². The number of ether oxygens (including phenoxy) is 1. The van der Waals surface area contributed by atoms with Crippen LogP contribution in [0.25, 0.3) is 16.5 Å². The van der Waals surface area contributed by atoms with Gasteiger partial charge in [0.05, 0.1) is 35.7 Å². The van der Waals surface area contributed by atoms with Crippen molar-refractivity contribution in [2.75, 3.05) is 19.5 Å². The van der Waals surface area contributed by atoms with Crippen LogP contribution in [0.1, 0.15) is 10.5 Å². The maximum Gasteiger partial charge on any atom is 0.397 e. The normalized spacial score (nSPS) is 12.8. The van der Waals surface area contributed by atoms with Gasteiger partial charge in [0.2, 0.25) is 0 Å². The summed E-state index contributed by atoms with van der Waals surface area (Å²) in [6.45, 7) is -1.01. The number of azo groups is 2. The highest BCUT2D eigenvalue weighted by atomic mass is 32.3. The van der Waals surface area contributed by atoms with E-state index in [1.807, 2.05) is 0 Å². The molecule has 0 amide bonds. The number of phenols is 2. The van der Waals surface area contributed by atoms with Crippen LogP contribution in [0.2, 0.25) is 0 Å². The SMILES string of the molecule is COc1cc(N=Nc2c(S(=O)(=O)O)cc3ccc(/N=N/c4c(O)nn(-c5ccc(S(=O)(=O)O)cc5)c4C(=O)O)cc3c2O)c(O)cc1S(=O)(=O)CCOS(=O)(=O)O. The number of aromatic nitrogens is 2. The van der Waals surface area contributed by atoms with E-state index in [0.29, 0.717) is 10.7 Å². The van der Waals surface area contributed by atoms with Gasteiger partial charge in [-0.2, -0.15) is 30.4 Å². The molecule has 0 saturated carbocycles. The lowest BCUT2D eigenvalue weighted by Gasteiger charge is -2.12. The number of carboxylic acids is 1. The fraction of sp³-hybridized carbons (Fsp3) is 0.103. The molecule has 0 atom stereocenters. The van der Waals surface area contributed by atoms with Gasteiger partial charge in [-0.05, 0) is 47.9 Å². The molecule has 1 aromatic heterocycles. The predicted molar refractivity (Wildman–Crippen MR) is 190 cm³/mol. The Morgan fingerprint density at radius 3 is 2.00 bits per heavy atom. The minimum Gasteiger partial charge on any atom is -0.506 e. The topological polar surface area (TPSA) is 381 Å².